The van der Waals surface area contributed by atoms with Gasteiger partial charge in [-0.25, -0.2) is 18.6 Å². The summed E-state index contributed by atoms with van der Waals surface area (Å²) in [6.45, 7) is 0. The lowest BCUT2D eigenvalue weighted by Gasteiger charge is -2.06. The number of hydrogen-bond donors (Lipinski definition) is 0. The first-order valence-electron chi connectivity index (χ1n) is 4.09. The molecule has 0 fully saturated rings. The molecule has 6 nitrogen and oxygen atoms in total. The first-order chi connectivity index (χ1) is 7.90. The van der Waals surface area contributed by atoms with Crippen LogP contribution < -0.4 is 0 Å². The van der Waals surface area contributed by atoms with Gasteiger partial charge in [0.15, 0.2) is 0 Å². The second kappa shape index (κ2) is 5.00. The number of rotatable bonds is 3. The van der Waals surface area contributed by atoms with E-state index in [0.717, 1.165) is 13.3 Å². The Morgan fingerprint density at radius 2 is 2.24 bits per heavy atom. The second-order valence-electron chi connectivity index (χ2n) is 2.77. The third-order valence-corrected chi connectivity index (χ3v) is 2.12. The smallest absolute Gasteiger partial charge is 0.363 e. The van der Waals surface area contributed by atoms with E-state index in [2.05, 4.69) is 9.72 Å². The highest BCUT2D eigenvalue weighted by Crippen LogP contribution is 2.36. The molecule has 1 aromatic heterocycles. The molecule has 0 amide bonds. The molecule has 0 saturated heterocycles. The van der Waals surface area contributed by atoms with E-state index >= 15 is 0 Å². The van der Waals surface area contributed by atoms with Crippen LogP contribution in [0.2, 0.25) is 5.02 Å². The monoisotopic (exact) mass is 266 g/mol. The van der Waals surface area contributed by atoms with Gasteiger partial charge in [0.25, 0.3) is 6.43 Å². The van der Waals surface area contributed by atoms with Crippen LogP contribution in [0.5, 0.6) is 0 Å². The molecule has 1 aromatic rings. The molecule has 0 radical (unpaired) electrons. The van der Waals surface area contributed by atoms with E-state index in [4.69, 9.17) is 11.6 Å². The summed E-state index contributed by atoms with van der Waals surface area (Å²) in [5.74, 6) is -1.18. The molecule has 0 aromatic carbocycles. The lowest BCUT2D eigenvalue weighted by Crippen LogP contribution is -2.11. The lowest BCUT2D eigenvalue weighted by atomic mass is 10.2. The van der Waals surface area contributed by atoms with Crippen molar-refractivity contribution in [1.82, 2.24) is 4.98 Å². The normalized spacial score (nSPS) is 10.4. The molecule has 0 atom stereocenters. The van der Waals surface area contributed by atoms with E-state index in [1.165, 1.54) is 0 Å². The molecule has 0 saturated carbocycles. The Balaban J connectivity index is 3.59. The van der Waals surface area contributed by atoms with Gasteiger partial charge >= 0.3 is 11.7 Å². The van der Waals surface area contributed by atoms with Gasteiger partial charge in [-0.15, -0.1) is 0 Å². The number of aromatic nitrogens is 1. The summed E-state index contributed by atoms with van der Waals surface area (Å²) in [6, 6.07) is 0. The number of carbonyl (C=O) groups is 1. The fourth-order valence-corrected chi connectivity index (χ4v) is 1.35. The second-order valence-corrected chi connectivity index (χ2v) is 3.17. The largest absolute Gasteiger partial charge is 0.464 e. The standard InChI is InChI=1S/C8H5ClF2N2O4/c1-17-8(14)5-6(13(15)16)4(7(10)11)3(9)2-12-5/h2,7H,1H3. The maximum Gasteiger partial charge on any atom is 0.363 e. The topological polar surface area (TPSA) is 82.3 Å². The van der Waals surface area contributed by atoms with Gasteiger partial charge in [0.2, 0.25) is 5.69 Å². The molecule has 92 valence electrons. The van der Waals surface area contributed by atoms with Gasteiger partial charge in [0, 0.05) is 6.20 Å². The van der Waals surface area contributed by atoms with Crippen LogP contribution in [0.4, 0.5) is 14.5 Å². The molecule has 9 heteroatoms. The number of nitrogens with zero attached hydrogens (tertiary/aromatic N) is 2. The highest BCUT2D eigenvalue weighted by molar-refractivity contribution is 6.31. The van der Waals surface area contributed by atoms with E-state index in [-0.39, 0.29) is 0 Å². The van der Waals surface area contributed by atoms with E-state index in [9.17, 15) is 23.7 Å². The van der Waals surface area contributed by atoms with Crippen LogP contribution in [0.1, 0.15) is 22.5 Å². The molecule has 1 heterocycles. The fraction of sp³-hybridized carbons (Fsp3) is 0.250. The van der Waals surface area contributed by atoms with Gasteiger partial charge in [0.1, 0.15) is 5.56 Å². The Hall–Kier alpha value is -1.83. The molecule has 1 rings (SSSR count). The molecular weight excluding hydrogens is 262 g/mol. The van der Waals surface area contributed by atoms with Crippen molar-refractivity contribution in [3.05, 3.63) is 32.6 Å². The Morgan fingerprint density at radius 1 is 1.65 bits per heavy atom. The molecule has 0 bridgehead atoms. The number of pyridine rings is 1. The van der Waals surface area contributed by atoms with Crippen molar-refractivity contribution >= 4 is 23.3 Å². The number of ether oxygens (including phenoxy) is 1. The minimum Gasteiger partial charge on any atom is -0.464 e. The minimum absolute atomic E-state index is 0.584. The molecule has 17 heavy (non-hydrogen) atoms. The molecule has 0 spiro atoms. The predicted molar refractivity (Wildman–Crippen MR) is 52.2 cm³/mol. The van der Waals surface area contributed by atoms with E-state index in [1.54, 1.807) is 0 Å². The predicted octanol–water partition coefficient (Wildman–Crippen LogP) is 2.37. The summed E-state index contributed by atoms with van der Waals surface area (Å²) >= 11 is 5.39. The Kier molecular flexibility index (Phi) is 3.89. The van der Waals surface area contributed by atoms with Crippen molar-refractivity contribution in [1.29, 1.82) is 0 Å². The third-order valence-electron chi connectivity index (χ3n) is 1.82. The summed E-state index contributed by atoms with van der Waals surface area (Å²) in [6.07, 6.45) is -2.46. The van der Waals surface area contributed by atoms with Crippen molar-refractivity contribution in [3.8, 4) is 0 Å². The van der Waals surface area contributed by atoms with Crippen LogP contribution in [0.25, 0.3) is 0 Å². The highest BCUT2D eigenvalue weighted by atomic mass is 35.5. The van der Waals surface area contributed by atoms with Gasteiger partial charge < -0.3 is 4.74 Å². The average Bonchev–Trinajstić information content (AvgIpc) is 2.26. The van der Waals surface area contributed by atoms with Crippen molar-refractivity contribution < 1.29 is 23.2 Å². The quantitative estimate of drug-likeness (QED) is 0.476. The van der Waals surface area contributed by atoms with Crippen LogP contribution >= 0.6 is 11.6 Å². The number of hydrogen-bond acceptors (Lipinski definition) is 5. The van der Waals surface area contributed by atoms with Gasteiger partial charge in [-0.2, -0.15) is 0 Å². The van der Waals surface area contributed by atoms with Crippen LogP contribution in [0.3, 0.4) is 0 Å². The minimum atomic E-state index is -3.20. The van der Waals surface area contributed by atoms with Crippen molar-refractivity contribution in [3.63, 3.8) is 0 Å². The number of alkyl halides is 2. The zero-order valence-electron chi connectivity index (χ0n) is 8.32. The van der Waals surface area contributed by atoms with Gasteiger partial charge in [-0.05, 0) is 0 Å². The third kappa shape index (κ3) is 2.47. The molecule has 0 N–H and O–H groups in total. The summed E-state index contributed by atoms with van der Waals surface area (Å²) in [5, 5.41) is 10.1. The summed E-state index contributed by atoms with van der Waals surface area (Å²) in [4.78, 5) is 24.0. The molecular formula is C8H5ClF2N2O4. The maximum absolute atomic E-state index is 12.6. The Bertz CT molecular complexity index is 481. The Labute approximate surface area is 98.3 Å². The van der Waals surface area contributed by atoms with Crippen LogP contribution in [0.15, 0.2) is 6.20 Å². The molecule has 0 aliphatic rings. The van der Waals surface area contributed by atoms with Crippen molar-refractivity contribution in [2.75, 3.05) is 7.11 Å². The lowest BCUT2D eigenvalue weighted by molar-refractivity contribution is -0.386. The van der Waals surface area contributed by atoms with E-state index in [0.29, 0.717) is 0 Å². The maximum atomic E-state index is 12.6. The number of methoxy groups -OCH3 is 1. The van der Waals surface area contributed by atoms with Gasteiger partial charge in [0.05, 0.1) is 17.1 Å². The first-order valence-corrected chi connectivity index (χ1v) is 4.47. The van der Waals surface area contributed by atoms with E-state index in [1.807, 2.05) is 0 Å². The molecule has 0 aliphatic heterocycles. The van der Waals surface area contributed by atoms with Crippen molar-refractivity contribution in [2.45, 2.75) is 6.43 Å². The molecule has 0 aliphatic carbocycles. The number of nitro groups is 1. The fourth-order valence-electron chi connectivity index (χ4n) is 1.13. The first kappa shape index (κ1) is 13.2. The number of esters is 1. The SMILES string of the molecule is COC(=O)c1ncc(Cl)c(C(F)F)c1[N+](=O)[O-]. The zero-order valence-corrected chi connectivity index (χ0v) is 9.07. The van der Waals surface area contributed by atoms with Gasteiger partial charge in [-0.3, -0.25) is 10.1 Å². The van der Waals surface area contributed by atoms with E-state index < -0.39 is 39.3 Å². The van der Waals surface area contributed by atoms with Crippen LogP contribution in [-0.4, -0.2) is 23.0 Å². The number of carbonyl (C=O) groups excluding carboxylic acids is 1. The Morgan fingerprint density at radius 3 is 2.65 bits per heavy atom. The summed E-state index contributed by atoms with van der Waals surface area (Å²) in [5.41, 5.74) is -3.00. The summed E-state index contributed by atoms with van der Waals surface area (Å²) in [7, 11) is 0.949. The summed E-state index contributed by atoms with van der Waals surface area (Å²) < 4.78 is 29.5. The van der Waals surface area contributed by atoms with Crippen LogP contribution in [-0.2, 0) is 4.74 Å². The average molecular weight is 267 g/mol. The zero-order chi connectivity index (χ0) is 13.2. The highest BCUT2D eigenvalue weighted by Gasteiger charge is 2.33. The van der Waals surface area contributed by atoms with Crippen LogP contribution in [0, 0.1) is 10.1 Å². The number of halogens is 3. The van der Waals surface area contributed by atoms with Crippen molar-refractivity contribution in [2.24, 2.45) is 0 Å². The molecule has 0 unspecified atom stereocenters. The van der Waals surface area contributed by atoms with Gasteiger partial charge in [-0.1, -0.05) is 11.6 Å².